The van der Waals surface area contributed by atoms with Gasteiger partial charge in [-0.1, -0.05) is 34.8 Å². The van der Waals surface area contributed by atoms with Gasteiger partial charge in [0.15, 0.2) is 0 Å². The van der Waals surface area contributed by atoms with Crippen LogP contribution in [0.4, 0.5) is 0 Å². The fraction of sp³-hybridized carbons (Fsp3) is 1.00. The van der Waals surface area contributed by atoms with Gasteiger partial charge in [0.1, 0.15) is 0 Å². The quantitative estimate of drug-likeness (QED) is 0.516. The van der Waals surface area contributed by atoms with Gasteiger partial charge in [0.25, 0.3) is 0 Å². The topological polar surface area (TPSA) is 46.5 Å². The van der Waals surface area contributed by atoms with Crippen LogP contribution in [0.3, 0.4) is 0 Å². The van der Waals surface area contributed by atoms with Crippen molar-refractivity contribution in [3.8, 4) is 0 Å². The lowest BCUT2D eigenvalue weighted by Gasteiger charge is -2.06. The molecule has 0 rings (SSSR count). The number of halogens is 3. The van der Waals surface area contributed by atoms with Crippen LogP contribution in [0.25, 0.3) is 0 Å². The second kappa shape index (κ2) is 3.25. The van der Waals surface area contributed by atoms with Crippen molar-refractivity contribution in [3.05, 3.63) is 0 Å². The van der Waals surface area contributed by atoms with Crippen LogP contribution in [-0.4, -0.2) is 8.87 Å². The SMILES string of the molecule is O=[PH](O)OC(Cl)(Cl)Cl. The van der Waals surface area contributed by atoms with Crippen molar-refractivity contribution in [3.63, 3.8) is 0 Å². The molecular formula is CH2Cl3O3P. The van der Waals surface area contributed by atoms with Gasteiger partial charge in [-0.3, -0.25) is 9.09 Å². The first-order valence-electron chi connectivity index (χ1n) is 1.40. The van der Waals surface area contributed by atoms with Gasteiger partial charge in [-0.2, -0.15) is 0 Å². The van der Waals surface area contributed by atoms with Gasteiger partial charge in [-0.25, -0.2) is 0 Å². The Bertz CT molecular complexity index is 97.2. The molecular weight excluding hydrogens is 197 g/mol. The summed E-state index contributed by atoms with van der Waals surface area (Å²) >= 11 is 14.7. The van der Waals surface area contributed by atoms with Crippen molar-refractivity contribution >= 4 is 43.1 Å². The molecule has 1 unspecified atom stereocenters. The number of rotatable bonds is 1. The van der Waals surface area contributed by atoms with Crippen LogP contribution in [0.1, 0.15) is 0 Å². The zero-order valence-corrected chi connectivity index (χ0v) is 6.67. The third-order valence-corrected chi connectivity index (χ3v) is 1.30. The minimum absolute atomic E-state index is 2.08. The van der Waals surface area contributed by atoms with Crippen molar-refractivity contribution in [2.24, 2.45) is 0 Å². The highest BCUT2D eigenvalue weighted by Gasteiger charge is 2.22. The summed E-state index contributed by atoms with van der Waals surface area (Å²) in [5.41, 5.74) is 0. The van der Waals surface area contributed by atoms with E-state index in [1.807, 2.05) is 0 Å². The Kier molecular flexibility index (Phi) is 3.67. The van der Waals surface area contributed by atoms with Crippen LogP contribution in [0, 0.1) is 0 Å². The van der Waals surface area contributed by atoms with E-state index in [4.69, 9.17) is 39.7 Å². The summed E-state index contributed by atoms with van der Waals surface area (Å²) in [7, 11) is -3.14. The molecule has 0 radical (unpaired) electrons. The first kappa shape index (κ1) is 9.02. The lowest BCUT2D eigenvalue weighted by molar-refractivity contribution is 0.283. The Labute approximate surface area is 61.4 Å². The Balaban J connectivity index is 3.55. The fourth-order valence-corrected chi connectivity index (χ4v) is 0.891. The van der Waals surface area contributed by atoms with Crippen molar-refractivity contribution in [1.82, 2.24) is 0 Å². The molecule has 8 heavy (non-hydrogen) atoms. The van der Waals surface area contributed by atoms with Crippen LogP contribution < -0.4 is 0 Å². The third-order valence-electron chi connectivity index (χ3n) is 0.203. The van der Waals surface area contributed by atoms with E-state index in [9.17, 15) is 4.57 Å². The molecule has 0 amide bonds. The van der Waals surface area contributed by atoms with E-state index in [0.717, 1.165) is 0 Å². The second-order valence-corrected chi connectivity index (χ2v) is 3.73. The maximum atomic E-state index is 9.72. The zero-order chi connectivity index (χ0) is 6.78. The number of hydrogen-bond acceptors (Lipinski definition) is 2. The summed E-state index contributed by atoms with van der Waals surface area (Å²) in [5.74, 6) is 0. The molecule has 0 aromatic carbocycles. The minimum Gasteiger partial charge on any atom is -0.326 e. The molecule has 50 valence electrons. The molecule has 0 aromatic rings. The summed E-state index contributed by atoms with van der Waals surface area (Å²) < 4.78 is 11.5. The van der Waals surface area contributed by atoms with Crippen LogP contribution >= 0.6 is 43.1 Å². The van der Waals surface area contributed by atoms with E-state index in [1.165, 1.54) is 0 Å². The molecule has 1 atom stereocenters. The molecule has 7 heteroatoms. The third kappa shape index (κ3) is 7.02. The summed E-state index contributed by atoms with van der Waals surface area (Å²) in [6.07, 6.45) is 0. The lowest BCUT2D eigenvalue weighted by Crippen LogP contribution is -2.01. The van der Waals surface area contributed by atoms with E-state index in [-0.39, 0.29) is 0 Å². The van der Waals surface area contributed by atoms with Gasteiger partial charge in [-0.15, -0.1) is 0 Å². The maximum Gasteiger partial charge on any atom is 0.320 e. The highest BCUT2D eigenvalue weighted by Crippen LogP contribution is 2.36. The normalized spacial score (nSPS) is 16.0. The van der Waals surface area contributed by atoms with Crippen molar-refractivity contribution in [1.29, 1.82) is 0 Å². The molecule has 0 saturated carbocycles. The first-order chi connectivity index (χ1) is 3.42. The van der Waals surface area contributed by atoms with E-state index < -0.39 is 12.2 Å². The molecule has 0 aliphatic carbocycles. The Morgan fingerprint density at radius 3 is 1.88 bits per heavy atom. The molecule has 0 aromatic heterocycles. The molecule has 1 N–H and O–H groups in total. The molecule has 0 fully saturated rings. The van der Waals surface area contributed by atoms with Gasteiger partial charge in [0.2, 0.25) is 0 Å². The summed E-state index contributed by atoms with van der Waals surface area (Å²) in [5, 5.41) is 0. The molecule has 0 bridgehead atoms. The predicted octanol–water partition coefficient (Wildman–Crippen LogP) is 1.71. The van der Waals surface area contributed by atoms with Crippen LogP contribution in [0.5, 0.6) is 0 Å². The van der Waals surface area contributed by atoms with Crippen molar-refractivity contribution in [2.45, 2.75) is 3.98 Å². The van der Waals surface area contributed by atoms with Gasteiger partial charge in [0, 0.05) is 0 Å². The maximum absolute atomic E-state index is 9.72. The Morgan fingerprint density at radius 2 is 1.88 bits per heavy atom. The van der Waals surface area contributed by atoms with Gasteiger partial charge in [0.05, 0.1) is 0 Å². The van der Waals surface area contributed by atoms with Crippen molar-refractivity contribution in [2.75, 3.05) is 0 Å². The summed E-state index contributed by atoms with van der Waals surface area (Å²) in [4.78, 5) is 7.96. The van der Waals surface area contributed by atoms with Crippen LogP contribution in [0.2, 0.25) is 0 Å². The smallest absolute Gasteiger partial charge is 0.320 e. The summed E-state index contributed by atoms with van der Waals surface area (Å²) in [6, 6.07) is 0. The lowest BCUT2D eigenvalue weighted by atomic mass is 11.7. The molecule has 0 spiro atoms. The van der Waals surface area contributed by atoms with Crippen LogP contribution in [-0.2, 0) is 9.09 Å². The van der Waals surface area contributed by atoms with E-state index in [0.29, 0.717) is 0 Å². The van der Waals surface area contributed by atoms with Gasteiger partial charge >= 0.3 is 12.2 Å². The van der Waals surface area contributed by atoms with Gasteiger partial charge < -0.3 is 4.89 Å². The molecule has 0 aliphatic heterocycles. The largest absolute Gasteiger partial charge is 0.326 e. The summed E-state index contributed by atoms with van der Waals surface area (Å²) in [6.45, 7) is 0. The average molecular weight is 199 g/mol. The molecule has 3 nitrogen and oxygen atoms in total. The molecule has 0 saturated heterocycles. The monoisotopic (exact) mass is 198 g/mol. The standard InChI is InChI=1S/CH2Cl3O3P/c2-1(3,4)7-8(5)6/h8H,(H,5,6). The number of hydrogen-bond donors (Lipinski definition) is 1. The number of alkyl halides is 3. The first-order valence-corrected chi connectivity index (χ1v) is 3.80. The van der Waals surface area contributed by atoms with Crippen molar-refractivity contribution < 1.29 is 14.0 Å². The zero-order valence-electron chi connectivity index (χ0n) is 3.40. The molecule has 0 aliphatic rings. The second-order valence-electron chi connectivity index (χ2n) is 0.814. The Hall–Kier alpha value is 1.02. The van der Waals surface area contributed by atoms with Gasteiger partial charge in [-0.05, 0) is 0 Å². The van der Waals surface area contributed by atoms with E-state index in [1.54, 1.807) is 0 Å². The van der Waals surface area contributed by atoms with E-state index >= 15 is 0 Å². The molecule has 0 heterocycles. The highest BCUT2D eigenvalue weighted by atomic mass is 35.6. The minimum atomic E-state index is -3.14. The van der Waals surface area contributed by atoms with E-state index in [2.05, 4.69) is 4.52 Å². The van der Waals surface area contributed by atoms with Crippen LogP contribution in [0.15, 0.2) is 0 Å². The average Bonchev–Trinajstić information content (AvgIpc) is 1.21. The highest BCUT2D eigenvalue weighted by molar-refractivity contribution is 7.32. The fourth-order valence-electron chi connectivity index (χ4n) is 0.0990. The Morgan fingerprint density at radius 1 is 1.50 bits per heavy atom. The predicted molar refractivity (Wildman–Crippen MR) is 32.6 cm³/mol.